The van der Waals surface area contributed by atoms with Crippen LogP contribution in [-0.2, 0) is 21.0 Å². The maximum Gasteiger partial charge on any atom is 0.416 e. The molecule has 182 valence electrons. The molecule has 2 aromatic carbocycles. The van der Waals surface area contributed by atoms with E-state index in [4.69, 9.17) is 20.5 Å². The lowest BCUT2D eigenvalue weighted by molar-refractivity contribution is -0.137. The van der Waals surface area contributed by atoms with Crippen LogP contribution in [0.1, 0.15) is 38.0 Å². The first-order valence-electron chi connectivity index (χ1n) is 9.53. The molecule has 0 radical (unpaired) electrons. The average Bonchev–Trinajstić information content (AvgIpc) is 2.65. The molecule has 0 bridgehead atoms. The summed E-state index contributed by atoms with van der Waals surface area (Å²) >= 11 is 5.73. The number of aliphatic hydroxyl groups is 1. The molecule has 2 aromatic rings. The van der Waals surface area contributed by atoms with E-state index in [1.807, 2.05) is 0 Å². The molecule has 7 nitrogen and oxygen atoms in total. The van der Waals surface area contributed by atoms with Crippen LogP contribution in [0.15, 0.2) is 47.4 Å². The molecule has 0 saturated heterocycles. The topological polar surface area (TPSA) is 93.1 Å². The quantitative estimate of drug-likeness (QED) is 0.549. The number of ether oxygens (including phenoxy) is 1. The van der Waals surface area contributed by atoms with Gasteiger partial charge in [-0.15, -0.1) is 0 Å². The summed E-state index contributed by atoms with van der Waals surface area (Å²) in [5.41, 5.74) is -1.43. The van der Waals surface area contributed by atoms with Crippen molar-refractivity contribution < 1.29 is 40.4 Å². The molecule has 0 heterocycles. The van der Waals surface area contributed by atoms with Crippen molar-refractivity contribution in [2.75, 3.05) is 13.6 Å². The monoisotopic (exact) mass is 509 g/mol. The minimum Gasteiger partial charge on any atom is -0.444 e. The third kappa shape index (κ3) is 7.51. The van der Waals surface area contributed by atoms with Crippen molar-refractivity contribution in [1.29, 1.82) is 0 Å². The van der Waals surface area contributed by atoms with Gasteiger partial charge in [0.25, 0.3) is 0 Å². The zero-order valence-corrected chi connectivity index (χ0v) is 19.8. The second kappa shape index (κ2) is 9.78. The molecule has 2 rings (SSSR count). The molecule has 0 aliphatic rings. The van der Waals surface area contributed by atoms with Crippen LogP contribution in [0.4, 0.5) is 18.0 Å². The summed E-state index contributed by atoms with van der Waals surface area (Å²) in [6, 6.07) is 7.06. The normalized spacial score (nSPS) is 13.4. The number of rotatable bonds is 6. The number of hydrogen-bond acceptors (Lipinski definition) is 6. The Morgan fingerprint density at radius 3 is 2.18 bits per heavy atom. The van der Waals surface area contributed by atoms with Crippen LogP contribution in [0.3, 0.4) is 0 Å². The molecule has 0 fully saturated rings. The van der Waals surface area contributed by atoms with Gasteiger partial charge in [0, 0.05) is 7.05 Å². The Morgan fingerprint density at radius 1 is 1.12 bits per heavy atom. The third-order valence-electron chi connectivity index (χ3n) is 4.15. The molecule has 0 aliphatic heterocycles. The summed E-state index contributed by atoms with van der Waals surface area (Å²) < 4.78 is 73.3. The highest BCUT2D eigenvalue weighted by atomic mass is 35.5. The van der Waals surface area contributed by atoms with Crippen LogP contribution < -0.4 is 4.18 Å². The Bertz CT molecular complexity index is 1100. The summed E-state index contributed by atoms with van der Waals surface area (Å²) in [7, 11) is -3.06. The van der Waals surface area contributed by atoms with Gasteiger partial charge in [-0.05, 0) is 56.7 Å². The first kappa shape index (κ1) is 26.7. The summed E-state index contributed by atoms with van der Waals surface area (Å²) in [5, 5.41) is 9.71. The summed E-state index contributed by atoms with van der Waals surface area (Å²) in [4.78, 5) is 12.6. The highest BCUT2D eigenvalue weighted by Gasteiger charge is 2.32. The van der Waals surface area contributed by atoms with Gasteiger partial charge in [0.1, 0.15) is 16.2 Å². The van der Waals surface area contributed by atoms with Gasteiger partial charge in [-0.2, -0.15) is 21.6 Å². The largest absolute Gasteiger partial charge is 0.444 e. The SMILES string of the molecule is CN(CC(O)c1ccc(OS(=O)(=O)c2ccc(C(F)(F)F)cc2Cl)cc1)C(=O)OC(C)(C)C. The molecular weight excluding hydrogens is 487 g/mol. The van der Waals surface area contributed by atoms with Gasteiger partial charge in [0.05, 0.1) is 23.2 Å². The Balaban J connectivity index is 2.10. The van der Waals surface area contributed by atoms with Gasteiger partial charge >= 0.3 is 22.4 Å². The average molecular weight is 510 g/mol. The standard InChI is InChI=1S/C21H23ClF3NO6S/c1-20(2,3)31-19(28)26(4)12-17(27)13-5-8-15(9-6-13)32-33(29,30)18-10-7-14(11-16(18)22)21(23,24)25/h5-11,17,27H,12H2,1-4H3. The van der Waals surface area contributed by atoms with Gasteiger partial charge < -0.3 is 18.9 Å². The van der Waals surface area contributed by atoms with Crippen molar-refractivity contribution in [1.82, 2.24) is 4.90 Å². The second-order valence-corrected chi connectivity index (χ2v) is 10.0. The van der Waals surface area contributed by atoms with Gasteiger partial charge in [0.15, 0.2) is 0 Å². The van der Waals surface area contributed by atoms with Crippen molar-refractivity contribution in [3.05, 3.63) is 58.6 Å². The lowest BCUT2D eigenvalue weighted by atomic mass is 10.1. The molecule has 1 atom stereocenters. The minimum absolute atomic E-state index is 0.0887. The molecule has 33 heavy (non-hydrogen) atoms. The number of alkyl halides is 3. The smallest absolute Gasteiger partial charge is 0.416 e. The predicted octanol–water partition coefficient (Wildman–Crippen LogP) is 5.03. The molecule has 12 heteroatoms. The van der Waals surface area contributed by atoms with Crippen LogP contribution in [-0.4, -0.2) is 43.7 Å². The number of hydrogen-bond donors (Lipinski definition) is 1. The number of carbonyl (C=O) groups is 1. The van der Waals surface area contributed by atoms with Crippen LogP contribution in [0.25, 0.3) is 0 Å². The lowest BCUT2D eigenvalue weighted by Gasteiger charge is -2.26. The van der Waals surface area contributed by atoms with Crippen molar-refractivity contribution in [3.8, 4) is 5.75 Å². The van der Waals surface area contributed by atoms with Crippen molar-refractivity contribution in [2.24, 2.45) is 0 Å². The fraction of sp³-hybridized carbons (Fsp3) is 0.381. The molecular formula is C21H23ClF3NO6S. The zero-order valence-electron chi connectivity index (χ0n) is 18.2. The highest BCUT2D eigenvalue weighted by Crippen LogP contribution is 2.34. The Hall–Kier alpha value is -2.50. The van der Waals surface area contributed by atoms with Gasteiger partial charge in [-0.1, -0.05) is 23.7 Å². The predicted molar refractivity (Wildman–Crippen MR) is 115 cm³/mol. The minimum atomic E-state index is -4.68. The number of carbonyl (C=O) groups excluding carboxylic acids is 1. The van der Waals surface area contributed by atoms with Crippen LogP contribution >= 0.6 is 11.6 Å². The second-order valence-electron chi connectivity index (χ2n) is 8.13. The van der Waals surface area contributed by atoms with Crippen LogP contribution in [0.5, 0.6) is 5.75 Å². The van der Waals surface area contributed by atoms with Crippen molar-refractivity contribution in [3.63, 3.8) is 0 Å². The van der Waals surface area contributed by atoms with E-state index in [-0.39, 0.29) is 12.3 Å². The Labute approximate surface area is 194 Å². The first-order chi connectivity index (χ1) is 15.0. The summed E-state index contributed by atoms with van der Waals surface area (Å²) in [6.45, 7) is 5.04. The van der Waals surface area contributed by atoms with Gasteiger partial charge in [-0.25, -0.2) is 4.79 Å². The molecule has 1 amide bonds. The van der Waals surface area contributed by atoms with E-state index in [0.717, 1.165) is 0 Å². The molecule has 1 unspecified atom stereocenters. The molecule has 0 saturated carbocycles. The number of likely N-dealkylation sites (N-methyl/N-ethyl adjacent to an activating group) is 1. The van der Waals surface area contributed by atoms with E-state index in [9.17, 15) is 31.5 Å². The van der Waals surface area contributed by atoms with Crippen molar-refractivity contribution in [2.45, 2.75) is 43.5 Å². The lowest BCUT2D eigenvalue weighted by Crippen LogP contribution is -2.36. The van der Waals surface area contributed by atoms with E-state index >= 15 is 0 Å². The summed E-state index contributed by atoms with van der Waals surface area (Å²) in [5.74, 6) is -0.151. The number of halogens is 4. The number of amides is 1. The zero-order chi connectivity index (χ0) is 25.2. The van der Waals surface area contributed by atoms with Crippen LogP contribution in [0, 0.1) is 0 Å². The number of nitrogens with zero attached hydrogens (tertiary/aromatic N) is 1. The number of aliphatic hydroxyl groups excluding tert-OH is 1. The molecule has 0 aliphatic carbocycles. The van der Waals surface area contributed by atoms with E-state index < -0.39 is 49.6 Å². The van der Waals surface area contributed by atoms with E-state index in [2.05, 4.69) is 0 Å². The molecule has 0 spiro atoms. The number of benzene rings is 2. The van der Waals surface area contributed by atoms with E-state index in [0.29, 0.717) is 23.8 Å². The summed E-state index contributed by atoms with van der Waals surface area (Å²) in [6.07, 6.45) is -6.40. The van der Waals surface area contributed by atoms with Gasteiger partial charge in [-0.3, -0.25) is 0 Å². The van der Waals surface area contributed by atoms with Crippen molar-refractivity contribution >= 4 is 27.8 Å². The maximum absolute atomic E-state index is 12.8. The fourth-order valence-electron chi connectivity index (χ4n) is 2.58. The van der Waals surface area contributed by atoms with Crippen LogP contribution in [0.2, 0.25) is 5.02 Å². The Morgan fingerprint density at radius 2 is 1.70 bits per heavy atom. The van der Waals surface area contributed by atoms with E-state index in [1.165, 1.54) is 36.2 Å². The highest BCUT2D eigenvalue weighted by molar-refractivity contribution is 7.87. The molecule has 1 N–H and O–H groups in total. The maximum atomic E-state index is 12.8. The third-order valence-corrected chi connectivity index (χ3v) is 5.88. The van der Waals surface area contributed by atoms with Gasteiger partial charge in [0.2, 0.25) is 0 Å². The fourth-order valence-corrected chi connectivity index (χ4v) is 4.03. The molecule has 0 aromatic heterocycles. The first-order valence-corrected chi connectivity index (χ1v) is 11.3. The van der Waals surface area contributed by atoms with E-state index in [1.54, 1.807) is 20.8 Å². The Kier molecular flexibility index (Phi) is 7.93.